The molecule has 1 saturated carbocycles. The lowest BCUT2D eigenvalue weighted by Gasteiger charge is -2.05. The van der Waals surface area contributed by atoms with Crippen molar-refractivity contribution in [2.75, 3.05) is 0 Å². The van der Waals surface area contributed by atoms with Crippen molar-refractivity contribution in [3.05, 3.63) is 22.6 Å². The number of amides is 1. The van der Waals surface area contributed by atoms with Crippen LogP contribution in [0.5, 0.6) is 0 Å². The second kappa shape index (κ2) is 4.20. The largest absolute Gasteiger partial charge is 0.352 e. The quantitative estimate of drug-likeness (QED) is 0.827. The van der Waals surface area contributed by atoms with Crippen molar-refractivity contribution in [1.82, 2.24) is 19.9 Å². The van der Waals surface area contributed by atoms with Gasteiger partial charge in [-0.15, -0.1) is 0 Å². The van der Waals surface area contributed by atoms with E-state index in [-0.39, 0.29) is 12.5 Å². The van der Waals surface area contributed by atoms with E-state index in [0.717, 1.165) is 29.6 Å². The number of nitrogens with one attached hydrogen (secondary N) is 2. The Balaban J connectivity index is 1.95. The maximum atomic E-state index is 11.8. The van der Waals surface area contributed by atoms with E-state index in [1.165, 1.54) is 0 Å². The summed E-state index contributed by atoms with van der Waals surface area (Å²) >= 11 is 5.25. The van der Waals surface area contributed by atoms with Crippen LogP contribution in [0.2, 0.25) is 0 Å². The number of imidazole rings is 1. The number of aryl methyl sites for hydroxylation is 1. The third-order valence-electron chi connectivity index (χ3n) is 3.12. The Bertz CT molecular complexity index is 668. The first-order chi connectivity index (χ1) is 8.65. The Labute approximate surface area is 109 Å². The molecule has 0 aromatic carbocycles. The molecule has 5 nitrogen and oxygen atoms in total. The zero-order chi connectivity index (χ0) is 12.7. The van der Waals surface area contributed by atoms with Crippen molar-refractivity contribution in [1.29, 1.82) is 0 Å². The second-order valence-electron chi connectivity index (χ2n) is 4.68. The summed E-state index contributed by atoms with van der Waals surface area (Å²) in [5.41, 5.74) is 2.72. The summed E-state index contributed by atoms with van der Waals surface area (Å²) in [7, 11) is 0. The molecule has 3 rings (SSSR count). The summed E-state index contributed by atoms with van der Waals surface area (Å²) in [6.45, 7) is 2.22. The van der Waals surface area contributed by atoms with Crippen molar-refractivity contribution in [2.45, 2.75) is 32.4 Å². The highest BCUT2D eigenvalue weighted by atomic mass is 32.1. The van der Waals surface area contributed by atoms with Crippen molar-refractivity contribution >= 4 is 29.3 Å². The number of carbonyl (C=O) groups is 1. The predicted octanol–water partition coefficient (Wildman–Crippen LogP) is 1.68. The molecule has 0 saturated heterocycles. The van der Waals surface area contributed by atoms with Crippen LogP contribution in [-0.2, 0) is 11.3 Å². The fraction of sp³-hybridized carbons (Fsp3) is 0.417. The van der Waals surface area contributed by atoms with Crippen LogP contribution in [0.25, 0.3) is 11.2 Å². The number of pyridine rings is 1. The Morgan fingerprint density at radius 1 is 1.67 bits per heavy atom. The molecule has 2 heterocycles. The Morgan fingerprint density at radius 2 is 2.44 bits per heavy atom. The summed E-state index contributed by atoms with van der Waals surface area (Å²) in [6, 6.07) is 2.29. The minimum absolute atomic E-state index is 0.00203. The summed E-state index contributed by atoms with van der Waals surface area (Å²) in [4.78, 5) is 19.2. The molecule has 0 unspecified atom stereocenters. The van der Waals surface area contributed by atoms with Crippen molar-refractivity contribution in [3.63, 3.8) is 0 Å². The number of H-pyrrole nitrogens is 1. The van der Waals surface area contributed by atoms with Crippen LogP contribution in [0.15, 0.2) is 12.3 Å². The van der Waals surface area contributed by atoms with Gasteiger partial charge in [-0.1, -0.05) is 0 Å². The molecule has 1 amide bonds. The van der Waals surface area contributed by atoms with Crippen molar-refractivity contribution < 1.29 is 4.79 Å². The number of rotatable bonds is 3. The molecule has 1 fully saturated rings. The maximum Gasteiger partial charge on any atom is 0.240 e. The molecule has 94 valence electrons. The first-order valence-corrected chi connectivity index (χ1v) is 6.39. The minimum Gasteiger partial charge on any atom is -0.352 e. The van der Waals surface area contributed by atoms with Crippen LogP contribution in [-0.4, -0.2) is 26.5 Å². The number of hydrogen-bond donors (Lipinski definition) is 2. The van der Waals surface area contributed by atoms with E-state index in [9.17, 15) is 4.79 Å². The summed E-state index contributed by atoms with van der Waals surface area (Å²) < 4.78 is 2.28. The van der Waals surface area contributed by atoms with Crippen LogP contribution in [0, 0.1) is 11.7 Å². The maximum absolute atomic E-state index is 11.8. The number of hydrogen-bond acceptors (Lipinski definition) is 3. The van der Waals surface area contributed by atoms with E-state index in [0.29, 0.717) is 10.8 Å². The topological polar surface area (TPSA) is 62.7 Å². The van der Waals surface area contributed by atoms with Gasteiger partial charge in [-0.05, 0) is 43.6 Å². The second-order valence-corrected chi connectivity index (χ2v) is 5.07. The molecule has 0 atom stereocenters. The zero-order valence-corrected chi connectivity index (χ0v) is 10.9. The smallest absolute Gasteiger partial charge is 0.240 e. The van der Waals surface area contributed by atoms with Crippen molar-refractivity contribution in [2.24, 2.45) is 0 Å². The number of aromatic amines is 1. The van der Waals surface area contributed by atoms with E-state index in [4.69, 9.17) is 12.2 Å². The van der Waals surface area contributed by atoms with Crippen LogP contribution >= 0.6 is 12.2 Å². The standard InChI is InChI=1S/C12H14N4OS/c1-7-4-5-13-11-10(7)15-12(18)16(11)6-9(17)14-8-2-3-8/h4-5,8H,2-3,6H2,1H3,(H,14,17)(H,15,18). The van der Waals surface area contributed by atoms with Gasteiger partial charge in [0.15, 0.2) is 10.4 Å². The van der Waals surface area contributed by atoms with Gasteiger partial charge in [-0.2, -0.15) is 0 Å². The predicted molar refractivity (Wildman–Crippen MR) is 70.8 cm³/mol. The molecule has 0 radical (unpaired) electrons. The van der Waals surface area contributed by atoms with Crippen LogP contribution < -0.4 is 5.32 Å². The van der Waals surface area contributed by atoms with Gasteiger partial charge < -0.3 is 10.3 Å². The molecule has 2 aromatic heterocycles. The molecule has 1 aliphatic carbocycles. The SMILES string of the molecule is Cc1ccnc2c1[nH]c(=S)n2CC(=O)NC1CC1. The van der Waals surface area contributed by atoms with Crippen LogP contribution in [0.4, 0.5) is 0 Å². The van der Waals surface area contributed by atoms with Gasteiger partial charge in [-0.3, -0.25) is 9.36 Å². The van der Waals surface area contributed by atoms with Gasteiger partial charge >= 0.3 is 0 Å². The van der Waals surface area contributed by atoms with Crippen molar-refractivity contribution in [3.8, 4) is 0 Å². The van der Waals surface area contributed by atoms with Crippen LogP contribution in [0.1, 0.15) is 18.4 Å². The van der Waals surface area contributed by atoms with E-state index >= 15 is 0 Å². The Morgan fingerprint density at radius 3 is 3.17 bits per heavy atom. The summed E-state index contributed by atoms with van der Waals surface area (Å²) in [6.07, 6.45) is 3.90. The fourth-order valence-corrected chi connectivity index (χ4v) is 2.22. The van der Waals surface area contributed by atoms with Gasteiger partial charge in [0.2, 0.25) is 5.91 Å². The highest BCUT2D eigenvalue weighted by molar-refractivity contribution is 7.71. The molecule has 0 aliphatic heterocycles. The molecule has 2 N–H and O–H groups in total. The third kappa shape index (κ3) is 2.03. The van der Waals surface area contributed by atoms with E-state index in [1.807, 2.05) is 13.0 Å². The Kier molecular flexibility index (Phi) is 2.66. The van der Waals surface area contributed by atoms with Gasteiger partial charge in [-0.25, -0.2) is 4.98 Å². The Hall–Kier alpha value is -1.69. The van der Waals surface area contributed by atoms with Gasteiger partial charge in [0.1, 0.15) is 6.54 Å². The number of carbonyl (C=O) groups excluding carboxylic acids is 1. The van der Waals surface area contributed by atoms with Crippen LogP contribution in [0.3, 0.4) is 0 Å². The molecule has 6 heteroatoms. The van der Waals surface area contributed by atoms with Gasteiger partial charge in [0.25, 0.3) is 0 Å². The lowest BCUT2D eigenvalue weighted by atomic mass is 10.3. The molecule has 0 spiro atoms. The third-order valence-corrected chi connectivity index (χ3v) is 3.44. The highest BCUT2D eigenvalue weighted by Gasteiger charge is 2.23. The average Bonchev–Trinajstić information content (AvgIpc) is 3.07. The number of fused-ring (bicyclic) bond motifs is 1. The molecule has 1 aliphatic rings. The summed E-state index contributed by atoms with van der Waals surface area (Å²) in [5, 5.41) is 2.95. The minimum atomic E-state index is -0.00203. The monoisotopic (exact) mass is 262 g/mol. The molecular weight excluding hydrogens is 248 g/mol. The number of aromatic nitrogens is 3. The number of nitrogens with zero attached hydrogens (tertiary/aromatic N) is 2. The molecule has 2 aromatic rings. The van der Waals surface area contributed by atoms with E-state index < -0.39 is 0 Å². The highest BCUT2D eigenvalue weighted by Crippen LogP contribution is 2.19. The first-order valence-electron chi connectivity index (χ1n) is 5.98. The van der Waals surface area contributed by atoms with Gasteiger partial charge in [0.05, 0.1) is 5.52 Å². The summed E-state index contributed by atoms with van der Waals surface area (Å²) in [5.74, 6) is -0.00203. The average molecular weight is 262 g/mol. The van der Waals surface area contributed by atoms with E-state index in [1.54, 1.807) is 10.8 Å². The molecule has 18 heavy (non-hydrogen) atoms. The lowest BCUT2D eigenvalue weighted by Crippen LogP contribution is -2.29. The molecular formula is C12H14N4OS. The van der Waals surface area contributed by atoms with Gasteiger partial charge in [0, 0.05) is 12.2 Å². The lowest BCUT2D eigenvalue weighted by molar-refractivity contribution is -0.121. The first kappa shape index (κ1) is 11.4. The fourth-order valence-electron chi connectivity index (χ4n) is 1.96. The van der Waals surface area contributed by atoms with E-state index in [2.05, 4.69) is 15.3 Å². The normalized spacial score (nSPS) is 14.9. The zero-order valence-electron chi connectivity index (χ0n) is 10.1. The molecule has 0 bridgehead atoms.